The van der Waals surface area contributed by atoms with Crippen LogP contribution >= 0.6 is 0 Å². The molecule has 11 heteroatoms. The molecule has 2 aromatic heterocycles. The van der Waals surface area contributed by atoms with Gasteiger partial charge in [-0.25, -0.2) is 4.98 Å². The summed E-state index contributed by atoms with van der Waals surface area (Å²) in [5.74, 6) is 1.57. The molecule has 0 aliphatic carbocycles. The fraction of sp³-hybridized carbons (Fsp3) is 0.280. The predicted octanol–water partition coefficient (Wildman–Crippen LogP) is 5.41. The largest absolute Gasteiger partial charge is 0.573 e. The number of aromatic nitrogens is 5. The van der Waals surface area contributed by atoms with Crippen LogP contribution in [0.4, 0.5) is 13.2 Å². The van der Waals surface area contributed by atoms with Gasteiger partial charge in [-0.05, 0) is 65.9 Å². The second kappa shape index (κ2) is 11.5. The second-order valence-corrected chi connectivity index (χ2v) is 7.96. The first-order chi connectivity index (χ1) is 17.3. The zero-order chi connectivity index (χ0) is 25.4. The van der Waals surface area contributed by atoms with Gasteiger partial charge in [-0.3, -0.25) is 0 Å². The van der Waals surface area contributed by atoms with Gasteiger partial charge in [-0.2, -0.15) is 4.80 Å². The summed E-state index contributed by atoms with van der Waals surface area (Å²) in [5.41, 5.74) is 2.51. The molecule has 0 unspecified atom stereocenters. The molecule has 0 amide bonds. The Hall–Kier alpha value is -4.15. The molecule has 0 saturated carbocycles. The fourth-order valence-corrected chi connectivity index (χ4v) is 3.36. The van der Waals surface area contributed by atoms with Crippen molar-refractivity contribution in [2.24, 2.45) is 7.05 Å². The summed E-state index contributed by atoms with van der Waals surface area (Å²) in [6, 6.07) is 13.4. The highest BCUT2D eigenvalue weighted by molar-refractivity contribution is 5.66. The summed E-state index contributed by atoms with van der Waals surface area (Å²) in [6.45, 7) is 0.241. The third-order valence-electron chi connectivity index (χ3n) is 5.08. The molecule has 0 aliphatic heterocycles. The van der Waals surface area contributed by atoms with E-state index in [-0.39, 0.29) is 12.4 Å². The van der Waals surface area contributed by atoms with E-state index in [0.717, 1.165) is 37.3 Å². The number of hydrogen-bond acceptors (Lipinski definition) is 7. The van der Waals surface area contributed by atoms with Crippen molar-refractivity contribution in [2.45, 2.75) is 38.7 Å². The van der Waals surface area contributed by atoms with Crippen LogP contribution in [0.5, 0.6) is 11.5 Å². The van der Waals surface area contributed by atoms with Crippen molar-refractivity contribution in [1.82, 2.24) is 25.2 Å². The Morgan fingerprint density at radius 3 is 2.36 bits per heavy atom. The molecule has 2 heterocycles. The SMILES string of the molecule is Cn1nnc(CCCCc2ccc(OCc3coc(C=Cc4ccc(OC(F)(F)F)cc4)n3)cc2)n1. The number of alkyl halides is 3. The van der Waals surface area contributed by atoms with Crippen LogP contribution in [0.3, 0.4) is 0 Å². The first kappa shape index (κ1) is 25.0. The number of oxazole rings is 1. The van der Waals surface area contributed by atoms with Gasteiger partial charge in [0.05, 0.1) is 7.05 Å². The van der Waals surface area contributed by atoms with Gasteiger partial charge in [0.15, 0.2) is 5.82 Å². The number of unbranched alkanes of at least 4 members (excludes halogenated alkanes) is 1. The summed E-state index contributed by atoms with van der Waals surface area (Å²) in [4.78, 5) is 5.80. The molecular weight excluding hydrogens is 475 g/mol. The lowest BCUT2D eigenvalue weighted by atomic mass is 10.1. The van der Waals surface area contributed by atoms with Gasteiger partial charge in [0.1, 0.15) is 30.1 Å². The summed E-state index contributed by atoms with van der Waals surface area (Å²) in [6.07, 6.45) is 3.87. The van der Waals surface area contributed by atoms with Crippen LogP contribution < -0.4 is 9.47 Å². The fourth-order valence-electron chi connectivity index (χ4n) is 3.36. The molecule has 188 valence electrons. The van der Waals surface area contributed by atoms with Crippen molar-refractivity contribution in [3.63, 3.8) is 0 Å². The average molecular weight is 499 g/mol. The number of hydrogen-bond donors (Lipinski definition) is 0. The van der Waals surface area contributed by atoms with E-state index in [9.17, 15) is 13.2 Å². The van der Waals surface area contributed by atoms with Crippen molar-refractivity contribution < 1.29 is 27.1 Å². The summed E-state index contributed by atoms with van der Waals surface area (Å²) in [5, 5.41) is 12.0. The predicted molar refractivity (Wildman–Crippen MR) is 125 cm³/mol. The van der Waals surface area contributed by atoms with Crippen molar-refractivity contribution in [2.75, 3.05) is 0 Å². The third-order valence-corrected chi connectivity index (χ3v) is 5.08. The molecule has 0 bridgehead atoms. The number of nitrogens with zero attached hydrogens (tertiary/aromatic N) is 5. The molecule has 0 aliphatic rings. The molecule has 0 spiro atoms. The smallest absolute Gasteiger partial charge is 0.487 e. The van der Waals surface area contributed by atoms with E-state index in [1.165, 1.54) is 40.9 Å². The van der Waals surface area contributed by atoms with Crippen LogP contribution in [0.1, 0.15) is 41.4 Å². The minimum Gasteiger partial charge on any atom is -0.487 e. The summed E-state index contributed by atoms with van der Waals surface area (Å²) in [7, 11) is 1.76. The Morgan fingerprint density at radius 1 is 0.944 bits per heavy atom. The average Bonchev–Trinajstić information content (AvgIpc) is 3.48. The van der Waals surface area contributed by atoms with Crippen LogP contribution in [0.2, 0.25) is 0 Å². The first-order valence-corrected chi connectivity index (χ1v) is 11.3. The van der Waals surface area contributed by atoms with Gasteiger partial charge in [0.25, 0.3) is 0 Å². The monoisotopic (exact) mass is 499 g/mol. The number of halogens is 3. The standard InChI is InChI=1S/C25H24F3N5O3/c1-33-31-23(30-32-33)5-3-2-4-18-6-11-21(12-7-18)34-16-20-17-35-24(29-20)15-10-19-8-13-22(14-9-19)36-25(26,27)28/h6-15,17H,2-5,16H2,1H3. The van der Waals surface area contributed by atoms with Crippen LogP contribution in [-0.4, -0.2) is 31.6 Å². The first-order valence-electron chi connectivity index (χ1n) is 11.3. The molecule has 2 aromatic carbocycles. The number of rotatable bonds is 11. The number of ether oxygens (including phenoxy) is 2. The van der Waals surface area contributed by atoms with E-state index in [2.05, 4.69) is 25.1 Å². The maximum Gasteiger partial charge on any atom is 0.573 e. The number of tetrazole rings is 1. The zero-order valence-electron chi connectivity index (χ0n) is 19.5. The molecule has 0 fully saturated rings. The van der Waals surface area contributed by atoms with E-state index in [0.29, 0.717) is 17.1 Å². The minimum absolute atomic E-state index is 0.241. The lowest BCUT2D eigenvalue weighted by molar-refractivity contribution is -0.274. The van der Waals surface area contributed by atoms with Crippen LogP contribution in [-0.2, 0) is 26.5 Å². The molecule has 36 heavy (non-hydrogen) atoms. The van der Waals surface area contributed by atoms with Crippen LogP contribution in [0.15, 0.2) is 59.2 Å². The number of aryl methyl sites for hydroxylation is 3. The molecule has 4 aromatic rings. The highest BCUT2D eigenvalue weighted by Gasteiger charge is 2.30. The van der Waals surface area contributed by atoms with E-state index in [1.807, 2.05) is 24.3 Å². The lowest BCUT2D eigenvalue weighted by Gasteiger charge is -2.08. The second-order valence-electron chi connectivity index (χ2n) is 7.96. The lowest BCUT2D eigenvalue weighted by Crippen LogP contribution is -2.16. The van der Waals surface area contributed by atoms with Crippen LogP contribution in [0, 0.1) is 0 Å². The molecular formula is C25H24F3N5O3. The normalized spacial score (nSPS) is 11.8. The van der Waals surface area contributed by atoms with Gasteiger partial charge < -0.3 is 13.9 Å². The number of benzene rings is 2. The Balaban J connectivity index is 1.19. The highest BCUT2D eigenvalue weighted by atomic mass is 19.4. The van der Waals surface area contributed by atoms with E-state index in [4.69, 9.17) is 9.15 Å². The summed E-state index contributed by atoms with van der Waals surface area (Å²) >= 11 is 0. The van der Waals surface area contributed by atoms with E-state index >= 15 is 0 Å². The van der Waals surface area contributed by atoms with E-state index in [1.54, 1.807) is 19.2 Å². The summed E-state index contributed by atoms with van der Waals surface area (Å²) < 4.78 is 51.8. The van der Waals surface area contributed by atoms with Gasteiger partial charge in [-0.15, -0.1) is 23.4 Å². The van der Waals surface area contributed by atoms with Gasteiger partial charge in [-0.1, -0.05) is 24.3 Å². The van der Waals surface area contributed by atoms with Crippen molar-refractivity contribution in [3.8, 4) is 11.5 Å². The minimum atomic E-state index is -4.72. The highest BCUT2D eigenvalue weighted by Crippen LogP contribution is 2.23. The molecule has 0 saturated heterocycles. The molecule has 4 rings (SSSR count). The van der Waals surface area contributed by atoms with Crippen molar-refractivity contribution in [1.29, 1.82) is 0 Å². The maximum absolute atomic E-state index is 12.2. The molecule has 0 radical (unpaired) electrons. The maximum atomic E-state index is 12.2. The molecule has 0 atom stereocenters. The van der Waals surface area contributed by atoms with Crippen LogP contribution in [0.25, 0.3) is 12.2 Å². The Morgan fingerprint density at radius 2 is 1.67 bits per heavy atom. The van der Waals surface area contributed by atoms with Crippen molar-refractivity contribution in [3.05, 3.63) is 83.3 Å². The van der Waals surface area contributed by atoms with Gasteiger partial charge in [0, 0.05) is 12.5 Å². The third kappa shape index (κ3) is 7.97. The quantitative estimate of drug-likeness (QED) is 0.255. The van der Waals surface area contributed by atoms with Gasteiger partial charge in [0.2, 0.25) is 5.89 Å². The Kier molecular flexibility index (Phi) is 7.99. The Bertz CT molecular complexity index is 1270. The van der Waals surface area contributed by atoms with Crippen molar-refractivity contribution >= 4 is 12.2 Å². The van der Waals surface area contributed by atoms with E-state index < -0.39 is 6.36 Å². The van der Waals surface area contributed by atoms with Gasteiger partial charge >= 0.3 is 6.36 Å². The zero-order valence-corrected chi connectivity index (χ0v) is 19.5. The Labute approximate surface area is 205 Å². The molecule has 0 N–H and O–H groups in total. The topological polar surface area (TPSA) is 88.1 Å². The molecule has 8 nitrogen and oxygen atoms in total.